The smallest absolute Gasteiger partial charge is 0.159 e. The molecule has 0 saturated carbocycles. The molecule has 1 heterocycles. The summed E-state index contributed by atoms with van der Waals surface area (Å²) in [6.45, 7) is 6.80. The molecule has 0 unspecified atom stereocenters. The van der Waals surface area contributed by atoms with Gasteiger partial charge < -0.3 is 5.73 Å². The molecule has 2 rings (SSSR count). The van der Waals surface area contributed by atoms with Crippen LogP contribution in [0.3, 0.4) is 0 Å². The van der Waals surface area contributed by atoms with Crippen LogP contribution in [0.1, 0.15) is 13.3 Å². The van der Waals surface area contributed by atoms with E-state index in [1.54, 1.807) is 11.3 Å². The molecule has 0 fully saturated rings. The van der Waals surface area contributed by atoms with Crippen molar-refractivity contribution in [3.05, 3.63) is 34.0 Å². The van der Waals surface area contributed by atoms with Gasteiger partial charge in [-0.25, -0.2) is 4.98 Å². The van der Waals surface area contributed by atoms with Crippen molar-refractivity contribution < 1.29 is 0 Å². The van der Waals surface area contributed by atoms with Crippen molar-refractivity contribution in [2.24, 2.45) is 10.7 Å². The molecular formula is C13H14ClN3S3. The molecular weight excluding hydrogens is 330 g/mol. The van der Waals surface area contributed by atoms with E-state index in [-0.39, 0.29) is 0 Å². The monoisotopic (exact) mass is 343 g/mol. The highest BCUT2D eigenvalue weighted by atomic mass is 35.5. The van der Waals surface area contributed by atoms with Gasteiger partial charge >= 0.3 is 0 Å². The quantitative estimate of drug-likeness (QED) is 0.473. The third-order valence-corrected chi connectivity index (χ3v) is 5.37. The number of rotatable bonds is 5. The van der Waals surface area contributed by atoms with Gasteiger partial charge in [0.25, 0.3) is 0 Å². The predicted molar refractivity (Wildman–Crippen MR) is 94.0 cm³/mol. The average molecular weight is 344 g/mol. The summed E-state index contributed by atoms with van der Waals surface area (Å²) in [6.07, 6.45) is 0.986. The van der Waals surface area contributed by atoms with Gasteiger partial charge in [0.05, 0.1) is 10.2 Å². The Labute approximate surface area is 135 Å². The minimum atomic E-state index is 0.550. The number of fused-ring (bicyclic) bond motifs is 1. The van der Waals surface area contributed by atoms with Crippen LogP contribution in [-0.2, 0) is 0 Å². The molecule has 1 aromatic heterocycles. The minimum absolute atomic E-state index is 0.550. The number of thioether (sulfide) groups is 2. The predicted octanol–water partition coefficient (Wildman–Crippen LogP) is 4.97. The summed E-state index contributed by atoms with van der Waals surface area (Å²) in [6, 6.07) is 5.71. The zero-order valence-corrected chi connectivity index (χ0v) is 14.1. The van der Waals surface area contributed by atoms with Crippen molar-refractivity contribution in [1.82, 2.24) is 4.98 Å². The van der Waals surface area contributed by atoms with Crippen LogP contribution < -0.4 is 5.73 Å². The Morgan fingerprint density at radius 2 is 2.35 bits per heavy atom. The van der Waals surface area contributed by atoms with Gasteiger partial charge in [-0.15, -0.1) is 11.3 Å². The molecule has 20 heavy (non-hydrogen) atoms. The summed E-state index contributed by atoms with van der Waals surface area (Å²) < 4.78 is 2.91. The summed E-state index contributed by atoms with van der Waals surface area (Å²) in [7, 11) is 0. The van der Waals surface area contributed by atoms with Gasteiger partial charge in [0.2, 0.25) is 0 Å². The van der Waals surface area contributed by atoms with Crippen LogP contribution in [0.15, 0.2) is 38.3 Å². The first kappa shape index (κ1) is 15.7. The van der Waals surface area contributed by atoms with Gasteiger partial charge in [0, 0.05) is 15.8 Å². The minimum Gasteiger partial charge on any atom is -0.378 e. The number of thiazole rings is 1. The fourth-order valence-corrected chi connectivity index (χ4v) is 4.54. The van der Waals surface area contributed by atoms with E-state index in [0.29, 0.717) is 10.2 Å². The highest BCUT2D eigenvalue weighted by molar-refractivity contribution is 8.30. The second-order valence-electron chi connectivity index (χ2n) is 3.89. The van der Waals surface area contributed by atoms with E-state index in [1.165, 1.54) is 23.5 Å². The van der Waals surface area contributed by atoms with E-state index < -0.39 is 0 Å². The number of aliphatic imine (C=N–C) groups is 1. The van der Waals surface area contributed by atoms with E-state index in [1.807, 2.05) is 18.2 Å². The van der Waals surface area contributed by atoms with Crippen LogP contribution in [0.4, 0.5) is 0 Å². The Kier molecular flexibility index (Phi) is 5.77. The molecule has 2 aromatic rings. The van der Waals surface area contributed by atoms with Crippen molar-refractivity contribution in [2.45, 2.75) is 17.7 Å². The second kappa shape index (κ2) is 7.36. The first-order valence-corrected chi connectivity index (χ1v) is 8.82. The Balaban J connectivity index is 2.02. The molecule has 2 N–H and O–H groups in total. The number of amidine groups is 1. The standard InChI is InChI=1S/C13H14ClN3S3/c1-3-6-16-12(15)18-8(2)19-13-17-10-7-9(14)4-5-11(10)20-13/h4-5,7H,2-3,6H2,1H3,(H2,15,16). The van der Waals surface area contributed by atoms with Gasteiger partial charge in [-0.2, -0.15) is 0 Å². The SMILES string of the molecule is C=C(SC(N)=NCCC)Sc1nc2cc(Cl)ccc2s1. The summed E-state index contributed by atoms with van der Waals surface area (Å²) in [4.78, 5) is 8.75. The van der Waals surface area contributed by atoms with Gasteiger partial charge in [0.1, 0.15) is 0 Å². The molecule has 0 saturated heterocycles. The van der Waals surface area contributed by atoms with E-state index in [4.69, 9.17) is 17.3 Å². The molecule has 0 spiro atoms. The molecule has 0 radical (unpaired) electrons. The summed E-state index contributed by atoms with van der Waals surface area (Å²) in [5.74, 6) is 0. The maximum absolute atomic E-state index is 5.95. The highest BCUT2D eigenvalue weighted by Gasteiger charge is 2.08. The van der Waals surface area contributed by atoms with Crippen LogP contribution in [0, 0.1) is 0 Å². The lowest BCUT2D eigenvalue weighted by atomic mass is 10.3. The highest BCUT2D eigenvalue weighted by Crippen LogP contribution is 2.38. The van der Waals surface area contributed by atoms with Gasteiger partial charge in [0.15, 0.2) is 9.51 Å². The molecule has 106 valence electrons. The summed E-state index contributed by atoms with van der Waals surface area (Å²) >= 11 is 10.5. The summed E-state index contributed by atoms with van der Waals surface area (Å²) in [5, 5.41) is 1.25. The van der Waals surface area contributed by atoms with Crippen molar-refractivity contribution in [2.75, 3.05) is 6.54 Å². The molecule has 0 atom stereocenters. The number of hydrogen-bond donors (Lipinski definition) is 1. The fraction of sp³-hybridized carbons (Fsp3) is 0.231. The lowest BCUT2D eigenvalue weighted by Crippen LogP contribution is -2.06. The molecule has 3 nitrogen and oxygen atoms in total. The van der Waals surface area contributed by atoms with Crippen LogP contribution in [0.5, 0.6) is 0 Å². The van der Waals surface area contributed by atoms with Gasteiger partial charge in [-0.1, -0.05) is 36.9 Å². The topological polar surface area (TPSA) is 51.3 Å². The molecule has 0 aliphatic heterocycles. The number of aromatic nitrogens is 1. The Morgan fingerprint density at radius 1 is 1.55 bits per heavy atom. The first-order chi connectivity index (χ1) is 9.58. The van der Waals surface area contributed by atoms with Crippen LogP contribution in [0.25, 0.3) is 10.2 Å². The zero-order chi connectivity index (χ0) is 14.5. The number of nitrogens with two attached hydrogens (primary N) is 1. The second-order valence-corrected chi connectivity index (χ2v) is 8.07. The van der Waals surface area contributed by atoms with E-state index in [9.17, 15) is 0 Å². The summed E-state index contributed by atoms with van der Waals surface area (Å²) in [5.41, 5.74) is 6.73. The van der Waals surface area contributed by atoms with E-state index in [2.05, 4.69) is 23.5 Å². The molecule has 1 aromatic carbocycles. The van der Waals surface area contributed by atoms with Crippen molar-refractivity contribution >= 4 is 61.8 Å². The number of halogens is 1. The number of nitrogens with zero attached hydrogens (tertiary/aromatic N) is 2. The van der Waals surface area contributed by atoms with Gasteiger partial charge in [-0.05, 0) is 36.4 Å². The van der Waals surface area contributed by atoms with Crippen LogP contribution in [0.2, 0.25) is 5.02 Å². The Bertz CT molecular complexity index is 651. The Hall–Kier alpha value is -0.690. The average Bonchev–Trinajstić information content (AvgIpc) is 2.77. The zero-order valence-electron chi connectivity index (χ0n) is 10.9. The first-order valence-electron chi connectivity index (χ1n) is 5.99. The van der Waals surface area contributed by atoms with Crippen molar-refractivity contribution in [3.8, 4) is 0 Å². The lowest BCUT2D eigenvalue weighted by molar-refractivity contribution is 0.934. The maximum atomic E-state index is 5.95. The third kappa shape index (κ3) is 4.41. The number of hydrogen-bond acceptors (Lipinski definition) is 5. The third-order valence-electron chi connectivity index (χ3n) is 2.24. The molecule has 7 heteroatoms. The van der Waals surface area contributed by atoms with E-state index >= 15 is 0 Å². The van der Waals surface area contributed by atoms with Crippen LogP contribution in [-0.4, -0.2) is 16.7 Å². The van der Waals surface area contributed by atoms with Crippen LogP contribution >= 0.6 is 46.5 Å². The maximum Gasteiger partial charge on any atom is 0.159 e. The lowest BCUT2D eigenvalue weighted by Gasteiger charge is -2.01. The van der Waals surface area contributed by atoms with Gasteiger partial charge in [-0.3, -0.25) is 4.99 Å². The normalized spacial score (nSPS) is 12.0. The Morgan fingerprint density at radius 3 is 3.10 bits per heavy atom. The fourth-order valence-electron chi connectivity index (χ4n) is 1.41. The molecule has 0 aliphatic rings. The molecule has 0 bridgehead atoms. The number of benzene rings is 1. The van der Waals surface area contributed by atoms with Crippen molar-refractivity contribution in [1.29, 1.82) is 0 Å². The van der Waals surface area contributed by atoms with Crippen molar-refractivity contribution in [3.63, 3.8) is 0 Å². The van der Waals surface area contributed by atoms with E-state index in [0.717, 1.165) is 31.8 Å². The molecule has 0 aliphatic carbocycles. The molecule has 0 amide bonds. The largest absolute Gasteiger partial charge is 0.378 e.